The van der Waals surface area contributed by atoms with Crippen molar-refractivity contribution in [3.05, 3.63) is 0 Å². The number of hydrogen-bond acceptors (Lipinski definition) is 2. The van der Waals surface area contributed by atoms with E-state index in [1.807, 2.05) is 0 Å². The Morgan fingerprint density at radius 2 is 1.65 bits per heavy atom. The van der Waals surface area contributed by atoms with Crippen LogP contribution in [0.3, 0.4) is 0 Å². The van der Waals surface area contributed by atoms with Gasteiger partial charge in [-0.3, -0.25) is 9.59 Å². The number of carbonyl (C=O) groups excluding carboxylic acids is 1. The molecule has 0 aromatic heterocycles. The summed E-state index contributed by atoms with van der Waals surface area (Å²) in [5.41, 5.74) is 0.00953. The van der Waals surface area contributed by atoms with E-state index in [0.29, 0.717) is 0 Å². The van der Waals surface area contributed by atoms with Gasteiger partial charge >= 0.3 is 5.97 Å². The largest absolute Gasteiger partial charge is 0.481 e. The van der Waals surface area contributed by atoms with Gasteiger partial charge in [-0.05, 0) is 10.8 Å². The molecule has 98 valence electrons. The molecule has 0 bridgehead atoms. The second kappa shape index (κ2) is 4.00. The Bertz CT molecular complexity index is 333. The predicted molar refractivity (Wildman–Crippen MR) is 65.5 cm³/mol. The minimum Gasteiger partial charge on any atom is -0.481 e. The maximum Gasteiger partial charge on any atom is 0.308 e. The maximum absolute atomic E-state index is 12.2. The van der Waals surface area contributed by atoms with Crippen molar-refractivity contribution in [2.75, 3.05) is 13.6 Å². The van der Waals surface area contributed by atoms with E-state index < -0.39 is 11.9 Å². The minimum absolute atomic E-state index is 0.000921. The van der Waals surface area contributed by atoms with E-state index in [1.54, 1.807) is 18.9 Å². The Morgan fingerprint density at radius 1 is 1.24 bits per heavy atom. The van der Waals surface area contributed by atoms with Crippen LogP contribution >= 0.6 is 0 Å². The Balaban J connectivity index is 2.65. The first-order valence-corrected chi connectivity index (χ1v) is 6.01. The second-order valence-corrected chi connectivity index (χ2v) is 6.33. The zero-order valence-corrected chi connectivity index (χ0v) is 11.6. The highest BCUT2D eigenvalue weighted by molar-refractivity contribution is 5.84. The zero-order chi connectivity index (χ0) is 13.6. The normalized spacial score (nSPS) is 22.9. The van der Waals surface area contributed by atoms with Crippen LogP contribution in [0.25, 0.3) is 0 Å². The summed E-state index contributed by atoms with van der Waals surface area (Å²) in [6.45, 7) is 10.2. The maximum atomic E-state index is 12.2. The highest BCUT2D eigenvalue weighted by atomic mass is 16.4. The van der Waals surface area contributed by atoms with Gasteiger partial charge in [0.25, 0.3) is 0 Å². The number of carbonyl (C=O) groups is 2. The molecule has 4 heteroatoms. The average molecular weight is 241 g/mol. The Morgan fingerprint density at radius 3 is 1.94 bits per heavy atom. The molecule has 1 rings (SSSR count). The number of aliphatic carboxylic acids is 1. The third kappa shape index (κ3) is 2.17. The molecule has 1 fully saturated rings. The fraction of sp³-hybridized carbons (Fsp3) is 0.846. The fourth-order valence-corrected chi connectivity index (χ4v) is 2.61. The lowest BCUT2D eigenvalue weighted by atomic mass is 10.0. The molecule has 1 amide bonds. The molecule has 0 aromatic rings. The highest BCUT2D eigenvalue weighted by Crippen LogP contribution is 2.68. The third-order valence-corrected chi connectivity index (χ3v) is 4.61. The molecule has 1 N–H and O–H groups in total. The van der Waals surface area contributed by atoms with Gasteiger partial charge in [0.2, 0.25) is 5.91 Å². The van der Waals surface area contributed by atoms with E-state index >= 15 is 0 Å². The molecule has 1 saturated carbocycles. The molecule has 17 heavy (non-hydrogen) atoms. The third-order valence-electron chi connectivity index (χ3n) is 4.61. The lowest BCUT2D eigenvalue weighted by Crippen LogP contribution is -2.35. The van der Waals surface area contributed by atoms with E-state index in [9.17, 15) is 9.59 Å². The highest BCUT2D eigenvalue weighted by Gasteiger charge is 2.68. The van der Waals surface area contributed by atoms with Gasteiger partial charge in [-0.15, -0.1) is 0 Å². The lowest BCUT2D eigenvalue weighted by Gasteiger charge is -2.20. The van der Waals surface area contributed by atoms with Crippen molar-refractivity contribution in [1.29, 1.82) is 0 Å². The van der Waals surface area contributed by atoms with Crippen LogP contribution in [-0.2, 0) is 9.59 Å². The predicted octanol–water partition coefficient (Wildman–Crippen LogP) is 1.85. The fourth-order valence-electron chi connectivity index (χ4n) is 2.61. The monoisotopic (exact) mass is 241 g/mol. The molecule has 1 aliphatic carbocycles. The van der Waals surface area contributed by atoms with Gasteiger partial charge in [-0.25, -0.2) is 0 Å². The smallest absolute Gasteiger partial charge is 0.308 e. The molecule has 1 atom stereocenters. The first kappa shape index (κ1) is 14.0. The summed E-state index contributed by atoms with van der Waals surface area (Å²) in [7, 11) is 1.69. The SMILES string of the molecule is C[C@H](CN(C)C(=O)C1C(C)(C)C1(C)C)C(=O)O. The molecule has 0 heterocycles. The molecular formula is C13H23NO3. The van der Waals surface area contributed by atoms with Gasteiger partial charge in [0.1, 0.15) is 0 Å². The van der Waals surface area contributed by atoms with Crippen LogP contribution in [0.5, 0.6) is 0 Å². The summed E-state index contributed by atoms with van der Waals surface area (Å²) < 4.78 is 0. The summed E-state index contributed by atoms with van der Waals surface area (Å²) in [6, 6.07) is 0. The van der Waals surface area contributed by atoms with E-state index in [4.69, 9.17) is 5.11 Å². The van der Waals surface area contributed by atoms with Crippen LogP contribution in [0.2, 0.25) is 0 Å². The molecule has 0 spiro atoms. The van der Waals surface area contributed by atoms with Crippen molar-refractivity contribution in [1.82, 2.24) is 4.90 Å². The number of carboxylic acid groups (broad SMARTS) is 1. The Kier molecular flexibility index (Phi) is 3.29. The van der Waals surface area contributed by atoms with Gasteiger partial charge in [0.15, 0.2) is 0 Å². The van der Waals surface area contributed by atoms with Crippen molar-refractivity contribution in [3.63, 3.8) is 0 Å². The van der Waals surface area contributed by atoms with Crippen LogP contribution in [0, 0.1) is 22.7 Å². The molecule has 0 saturated heterocycles. The van der Waals surface area contributed by atoms with E-state index in [2.05, 4.69) is 27.7 Å². The van der Waals surface area contributed by atoms with Gasteiger partial charge in [0.05, 0.1) is 5.92 Å². The van der Waals surface area contributed by atoms with Gasteiger partial charge in [-0.1, -0.05) is 34.6 Å². The number of rotatable bonds is 4. The van der Waals surface area contributed by atoms with Gasteiger partial charge in [0, 0.05) is 19.5 Å². The van der Waals surface area contributed by atoms with Gasteiger partial charge in [-0.2, -0.15) is 0 Å². The number of hydrogen-bond donors (Lipinski definition) is 1. The van der Waals surface area contributed by atoms with Crippen molar-refractivity contribution < 1.29 is 14.7 Å². The lowest BCUT2D eigenvalue weighted by molar-refractivity contribution is -0.143. The van der Waals surface area contributed by atoms with Crippen LogP contribution < -0.4 is 0 Å². The van der Waals surface area contributed by atoms with Crippen LogP contribution in [0.4, 0.5) is 0 Å². The van der Waals surface area contributed by atoms with E-state index in [-0.39, 0.29) is 29.2 Å². The molecule has 1 aliphatic rings. The topological polar surface area (TPSA) is 57.6 Å². The van der Waals surface area contributed by atoms with E-state index in [0.717, 1.165) is 0 Å². The quantitative estimate of drug-likeness (QED) is 0.817. The first-order chi connectivity index (χ1) is 7.53. The molecule has 0 unspecified atom stereocenters. The summed E-state index contributed by atoms with van der Waals surface area (Å²) in [5, 5.41) is 8.83. The van der Waals surface area contributed by atoms with Crippen LogP contribution in [-0.4, -0.2) is 35.5 Å². The molecular weight excluding hydrogens is 218 g/mol. The van der Waals surface area contributed by atoms with Crippen molar-refractivity contribution in [2.24, 2.45) is 22.7 Å². The van der Waals surface area contributed by atoms with Crippen molar-refractivity contribution in [3.8, 4) is 0 Å². The number of carboxylic acids is 1. The molecule has 4 nitrogen and oxygen atoms in total. The van der Waals surface area contributed by atoms with E-state index in [1.165, 1.54) is 0 Å². The minimum atomic E-state index is -0.862. The molecule has 0 aromatic carbocycles. The first-order valence-electron chi connectivity index (χ1n) is 6.01. The Hall–Kier alpha value is -1.06. The standard InChI is InChI=1S/C13H23NO3/c1-8(11(16)17)7-14(6)10(15)9-12(2,3)13(9,4)5/h8-9H,7H2,1-6H3,(H,16,17)/t8-/m1/s1. The Labute approximate surface area is 103 Å². The number of nitrogens with zero attached hydrogens (tertiary/aromatic N) is 1. The summed E-state index contributed by atoms with van der Waals surface area (Å²) in [6.07, 6.45) is 0. The van der Waals surface area contributed by atoms with Crippen LogP contribution in [0.1, 0.15) is 34.6 Å². The molecule has 0 aliphatic heterocycles. The summed E-state index contributed by atoms with van der Waals surface area (Å²) in [4.78, 5) is 24.5. The van der Waals surface area contributed by atoms with Crippen molar-refractivity contribution >= 4 is 11.9 Å². The zero-order valence-electron chi connectivity index (χ0n) is 11.6. The van der Waals surface area contributed by atoms with Crippen LogP contribution in [0.15, 0.2) is 0 Å². The summed E-state index contributed by atoms with van der Waals surface area (Å²) in [5.74, 6) is -1.32. The van der Waals surface area contributed by atoms with Gasteiger partial charge < -0.3 is 10.0 Å². The van der Waals surface area contributed by atoms with Crippen molar-refractivity contribution in [2.45, 2.75) is 34.6 Å². The summed E-state index contributed by atoms with van der Waals surface area (Å²) >= 11 is 0. The average Bonchev–Trinajstić information content (AvgIpc) is 2.56. The second-order valence-electron chi connectivity index (χ2n) is 6.33. The molecule has 0 radical (unpaired) electrons. The number of amides is 1.